The lowest BCUT2D eigenvalue weighted by Crippen LogP contribution is -1.96. The van der Waals surface area contributed by atoms with Crippen LogP contribution in [0.15, 0.2) is 6.20 Å². The third-order valence-electron chi connectivity index (χ3n) is 1.93. The van der Waals surface area contributed by atoms with Gasteiger partial charge >= 0.3 is 0 Å². The van der Waals surface area contributed by atoms with Gasteiger partial charge in [0.05, 0.1) is 11.9 Å². The van der Waals surface area contributed by atoms with Crippen LogP contribution in [-0.4, -0.2) is 25.0 Å². The molecule has 2 aromatic heterocycles. The largest absolute Gasteiger partial charge is 0.232 e. The minimum atomic E-state index is 0.374. The summed E-state index contributed by atoms with van der Waals surface area (Å²) in [4.78, 5) is 8.58. The van der Waals surface area contributed by atoms with E-state index in [4.69, 9.17) is 0 Å². The van der Waals surface area contributed by atoms with Crippen LogP contribution in [0.2, 0.25) is 0 Å². The smallest absolute Gasteiger partial charge is 0.221 e. The molecule has 0 atom stereocenters. The van der Waals surface area contributed by atoms with E-state index in [2.05, 4.69) is 34.1 Å². The Morgan fingerprint density at radius 2 is 2.15 bits per heavy atom. The van der Waals surface area contributed by atoms with E-state index in [0.717, 1.165) is 11.3 Å². The lowest BCUT2D eigenvalue weighted by molar-refractivity contribution is 0.729. The van der Waals surface area contributed by atoms with Crippen molar-refractivity contribution in [2.24, 2.45) is 7.05 Å². The van der Waals surface area contributed by atoms with Crippen molar-refractivity contribution < 1.29 is 0 Å². The Kier molecular flexibility index (Phi) is 1.72. The molecule has 0 radical (unpaired) electrons. The number of aromatic nitrogens is 5. The van der Waals surface area contributed by atoms with Crippen molar-refractivity contribution in [3.8, 4) is 0 Å². The van der Waals surface area contributed by atoms with Crippen molar-refractivity contribution in [2.45, 2.75) is 19.8 Å². The molecular formula is C8H11N5. The van der Waals surface area contributed by atoms with Gasteiger partial charge < -0.3 is 0 Å². The van der Waals surface area contributed by atoms with Gasteiger partial charge in [0.1, 0.15) is 0 Å². The van der Waals surface area contributed by atoms with Crippen LogP contribution in [0.1, 0.15) is 25.5 Å². The van der Waals surface area contributed by atoms with Gasteiger partial charge in [-0.3, -0.25) is 0 Å². The molecule has 0 aromatic carbocycles. The summed E-state index contributed by atoms with van der Waals surface area (Å²) in [6.45, 7) is 4.15. The van der Waals surface area contributed by atoms with E-state index in [-0.39, 0.29) is 0 Å². The Balaban J connectivity index is 2.63. The normalized spacial score (nSPS) is 11.4. The molecule has 0 aliphatic rings. The topological polar surface area (TPSA) is 56.5 Å². The quantitative estimate of drug-likeness (QED) is 0.648. The van der Waals surface area contributed by atoms with Crippen molar-refractivity contribution in [2.75, 3.05) is 0 Å². The first-order chi connectivity index (χ1) is 6.18. The maximum atomic E-state index is 4.34. The molecule has 68 valence electrons. The van der Waals surface area contributed by atoms with Crippen LogP contribution in [0.25, 0.3) is 11.3 Å². The standard InChI is InChI=1S/C8H11N5/c1-5(2)6-4-9-8-7(10-6)11-12-13(8)3/h4-5H,1-3H3. The van der Waals surface area contributed by atoms with Crippen molar-refractivity contribution in [1.29, 1.82) is 0 Å². The van der Waals surface area contributed by atoms with Crippen LogP contribution in [0.3, 0.4) is 0 Å². The zero-order valence-corrected chi connectivity index (χ0v) is 7.89. The number of aryl methyl sites for hydroxylation is 1. The molecule has 0 bridgehead atoms. The van der Waals surface area contributed by atoms with Crippen molar-refractivity contribution in [3.63, 3.8) is 0 Å². The lowest BCUT2D eigenvalue weighted by atomic mass is 10.1. The first-order valence-corrected chi connectivity index (χ1v) is 4.21. The van der Waals surface area contributed by atoms with Gasteiger partial charge in [-0.15, -0.1) is 5.10 Å². The number of rotatable bonds is 1. The molecule has 5 heteroatoms. The average molecular weight is 177 g/mol. The van der Waals surface area contributed by atoms with Crippen LogP contribution in [0, 0.1) is 0 Å². The first kappa shape index (κ1) is 8.10. The van der Waals surface area contributed by atoms with Gasteiger partial charge in [0.25, 0.3) is 0 Å². The second-order valence-corrected chi connectivity index (χ2v) is 3.31. The van der Waals surface area contributed by atoms with E-state index < -0.39 is 0 Å². The molecule has 13 heavy (non-hydrogen) atoms. The molecule has 0 unspecified atom stereocenters. The van der Waals surface area contributed by atoms with E-state index in [1.807, 2.05) is 0 Å². The molecule has 0 spiro atoms. The fourth-order valence-corrected chi connectivity index (χ4v) is 1.11. The van der Waals surface area contributed by atoms with Crippen LogP contribution in [0.4, 0.5) is 0 Å². The minimum Gasteiger partial charge on any atom is -0.232 e. The highest BCUT2D eigenvalue weighted by Gasteiger charge is 2.07. The highest BCUT2D eigenvalue weighted by molar-refractivity contribution is 5.63. The van der Waals surface area contributed by atoms with Crippen LogP contribution in [-0.2, 0) is 7.05 Å². The Morgan fingerprint density at radius 3 is 2.85 bits per heavy atom. The van der Waals surface area contributed by atoms with Crippen molar-refractivity contribution >= 4 is 11.3 Å². The fourth-order valence-electron chi connectivity index (χ4n) is 1.11. The third-order valence-corrected chi connectivity index (χ3v) is 1.93. The van der Waals surface area contributed by atoms with E-state index in [9.17, 15) is 0 Å². The molecule has 0 saturated carbocycles. The van der Waals surface area contributed by atoms with Crippen LogP contribution < -0.4 is 0 Å². The van der Waals surface area contributed by atoms with Gasteiger partial charge in [-0.05, 0) is 5.92 Å². The van der Waals surface area contributed by atoms with Crippen LogP contribution in [0.5, 0.6) is 0 Å². The van der Waals surface area contributed by atoms with Crippen LogP contribution >= 0.6 is 0 Å². The number of hydrogen-bond donors (Lipinski definition) is 0. The summed E-state index contributed by atoms with van der Waals surface area (Å²) in [6, 6.07) is 0. The Bertz CT molecular complexity index is 431. The molecule has 0 amide bonds. The number of fused-ring (bicyclic) bond motifs is 1. The second-order valence-electron chi connectivity index (χ2n) is 3.31. The molecule has 0 aliphatic carbocycles. The van der Waals surface area contributed by atoms with E-state index in [1.165, 1.54) is 0 Å². The predicted octanol–water partition coefficient (Wildman–Crippen LogP) is 0.882. The van der Waals surface area contributed by atoms with Gasteiger partial charge in [-0.25, -0.2) is 14.6 Å². The zero-order valence-electron chi connectivity index (χ0n) is 7.89. The maximum absolute atomic E-state index is 4.34. The van der Waals surface area contributed by atoms with Gasteiger partial charge in [-0.1, -0.05) is 19.1 Å². The SMILES string of the molecule is CC(C)c1cnc2c(nnn2C)n1. The summed E-state index contributed by atoms with van der Waals surface area (Å²) in [5, 5.41) is 7.74. The molecule has 0 saturated heterocycles. The summed E-state index contributed by atoms with van der Waals surface area (Å²) in [7, 11) is 1.80. The van der Waals surface area contributed by atoms with Gasteiger partial charge in [0, 0.05) is 7.05 Å². The predicted molar refractivity (Wildman–Crippen MR) is 48.2 cm³/mol. The second kappa shape index (κ2) is 2.76. The molecule has 0 aliphatic heterocycles. The monoisotopic (exact) mass is 177 g/mol. The zero-order chi connectivity index (χ0) is 9.42. The number of hydrogen-bond acceptors (Lipinski definition) is 4. The molecule has 2 aromatic rings. The Labute approximate surface area is 75.8 Å². The molecule has 5 nitrogen and oxygen atoms in total. The Morgan fingerprint density at radius 1 is 1.38 bits per heavy atom. The average Bonchev–Trinajstić information content (AvgIpc) is 2.47. The van der Waals surface area contributed by atoms with Gasteiger partial charge in [0.2, 0.25) is 5.65 Å². The van der Waals surface area contributed by atoms with E-state index in [0.29, 0.717) is 11.6 Å². The lowest BCUT2D eigenvalue weighted by Gasteiger charge is -2.01. The summed E-state index contributed by atoms with van der Waals surface area (Å²) < 4.78 is 1.62. The summed E-state index contributed by atoms with van der Waals surface area (Å²) in [5.74, 6) is 0.374. The highest BCUT2D eigenvalue weighted by atomic mass is 15.4. The van der Waals surface area contributed by atoms with Crippen molar-refractivity contribution in [3.05, 3.63) is 11.9 Å². The van der Waals surface area contributed by atoms with E-state index >= 15 is 0 Å². The summed E-state index contributed by atoms with van der Waals surface area (Å²) in [6.07, 6.45) is 1.77. The minimum absolute atomic E-state index is 0.374. The summed E-state index contributed by atoms with van der Waals surface area (Å²) >= 11 is 0. The van der Waals surface area contributed by atoms with E-state index in [1.54, 1.807) is 17.9 Å². The molecule has 0 fully saturated rings. The summed E-state index contributed by atoms with van der Waals surface area (Å²) in [5.41, 5.74) is 2.30. The van der Waals surface area contributed by atoms with Gasteiger partial charge in [-0.2, -0.15) is 0 Å². The molecule has 2 heterocycles. The number of nitrogens with zero attached hydrogens (tertiary/aromatic N) is 5. The first-order valence-electron chi connectivity index (χ1n) is 4.21. The Hall–Kier alpha value is -1.52. The van der Waals surface area contributed by atoms with Crippen molar-refractivity contribution in [1.82, 2.24) is 25.0 Å². The third kappa shape index (κ3) is 1.26. The molecule has 0 N–H and O–H groups in total. The maximum Gasteiger partial charge on any atom is 0.221 e. The highest BCUT2D eigenvalue weighted by Crippen LogP contribution is 2.12. The molecule has 2 rings (SSSR count). The fraction of sp³-hybridized carbons (Fsp3) is 0.500. The van der Waals surface area contributed by atoms with Gasteiger partial charge in [0.15, 0.2) is 5.65 Å². The molecular weight excluding hydrogens is 166 g/mol.